The van der Waals surface area contributed by atoms with Crippen LogP contribution in [0, 0.1) is 16.0 Å². The van der Waals surface area contributed by atoms with Gasteiger partial charge in [0.15, 0.2) is 0 Å². The van der Waals surface area contributed by atoms with E-state index in [9.17, 15) is 19.7 Å². The third-order valence-electron chi connectivity index (χ3n) is 5.25. The van der Waals surface area contributed by atoms with E-state index in [0.717, 1.165) is 12.8 Å². The Bertz CT molecular complexity index is 904. The molecule has 32 heavy (non-hydrogen) atoms. The Kier molecular flexibility index (Phi) is 7.99. The molecule has 1 aliphatic rings. The molecule has 0 aliphatic carbocycles. The van der Waals surface area contributed by atoms with E-state index in [1.54, 1.807) is 17.2 Å². The van der Waals surface area contributed by atoms with Crippen LogP contribution in [0.4, 0.5) is 5.69 Å². The lowest BCUT2D eigenvalue weighted by Gasteiger charge is -2.29. The van der Waals surface area contributed by atoms with Gasteiger partial charge in [0, 0.05) is 37.4 Å². The first kappa shape index (κ1) is 23.5. The number of ether oxygens (including phenoxy) is 1. The highest BCUT2D eigenvalue weighted by Crippen LogP contribution is 2.18. The molecule has 3 rings (SSSR count). The van der Waals surface area contributed by atoms with E-state index in [2.05, 4.69) is 0 Å². The van der Waals surface area contributed by atoms with E-state index in [1.807, 2.05) is 19.9 Å². The first-order valence-electron chi connectivity index (χ1n) is 10.8. The van der Waals surface area contributed by atoms with Crippen LogP contribution >= 0.6 is 0 Å². The molecule has 0 saturated carbocycles. The third-order valence-corrected chi connectivity index (χ3v) is 5.25. The molecular formula is C23H29N3O6. The van der Waals surface area contributed by atoms with Crippen molar-refractivity contribution < 1.29 is 23.7 Å². The zero-order chi connectivity index (χ0) is 23.1. The van der Waals surface area contributed by atoms with Gasteiger partial charge < -0.3 is 19.0 Å². The molecule has 1 aromatic heterocycles. The van der Waals surface area contributed by atoms with E-state index in [1.165, 1.54) is 29.2 Å². The van der Waals surface area contributed by atoms with Crippen molar-refractivity contribution in [2.45, 2.75) is 39.3 Å². The Morgan fingerprint density at radius 2 is 1.94 bits per heavy atom. The number of hydrogen-bond acceptors (Lipinski definition) is 6. The smallest absolute Gasteiger partial charge is 0.269 e. The number of rotatable bonds is 10. The molecule has 172 valence electrons. The van der Waals surface area contributed by atoms with E-state index in [-0.39, 0.29) is 36.1 Å². The van der Waals surface area contributed by atoms with Gasteiger partial charge in [0.05, 0.1) is 23.8 Å². The van der Waals surface area contributed by atoms with Crippen molar-refractivity contribution >= 4 is 17.5 Å². The van der Waals surface area contributed by atoms with Gasteiger partial charge in [-0.15, -0.1) is 0 Å². The summed E-state index contributed by atoms with van der Waals surface area (Å²) in [5.41, 5.74) is 0.218. The number of benzene rings is 1. The molecule has 2 heterocycles. The van der Waals surface area contributed by atoms with Gasteiger partial charge >= 0.3 is 0 Å². The van der Waals surface area contributed by atoms with Gasteiger partial charge in [0.2, 0.25) is 5.91 Å². The molecule has 1 atom stereocenters. The third kappa shape index (κ3) is 6.40. The van der Waals surface area contributed by atoms with Crippen molar-refractivity contribution in [3.05, 3.63) is 64.1 Å². The first-order valence-corrected chi connectivity index (χ1v) is 10.8. The average molecular weight is 444 g/mol. The minimum Gasteiger partial charge on any atom is -0.467 e. The summed E-state index contributed by atoms with van der Waals surface area (Å²) in [6.07, 6.45) is 3.39. The Hall–Kier alpha value is -3.20. The molecule has 9 nitrogen and oxygen atoms in total. The predicted octanol–water partition coefficient (Wildman–Crippen LogP) is 3.49. The second-order valence-corrected chi connectivity index (χ2v) is 8.37. The van der Waals surface area contributed by atoms with Gasteiger partial charge in [-0.3, -0.25) is 19.7 Å². The Morgan fingerprint density at radius 3 is 2.50 bits per heavy atom. The normalized spacial score (nSPS) is 15.7. The van der Waals surface area contributed by atoms with Crippen LogP contribution in [0.5, 0.6) is 0 Å². The molecular weight excluding hydrogens is 414 g/mol. The number of nitro groups is 1. The fourth-order valence-corrected chi connectivity index (χ4v) is 3.71. The molecule has 1 aromatic carbocycles. The quantitative estimate of drug-likeness (QED) is 0.411. The molecule has 2 amide bonds. The predicted molar refractivity (Wildman–Crippen MR) is 117 cm³/mol. The van der Waals surface area contributed by atoms with Crippen LogP contribution in [-0.4, -0.2) is 58.9 Å². The van der Waals surface area contributed by atoms with Crippen LogP contribution in [0.1, 0.15) is 42.8 Å². The van der Waals surface area contributed by atoms with E-state index >= 15 is 0 Å². The van der Waals surface area contributed by atoms with Gasteiger partial charge in [-0.2, -0.15) is 0 Å². The summed E-state index contributed by atoms with van der Waals surface area (Å²) in [6, 6.07) is 9.01. The van der Waals surface area contributed by atoms with Crippen molar-refractivity contribution in [3.8, 4) is 0 Å². The highest BCUT2D eigenvalue weighted by molar-refractivity contribution is 5.96. The fourth-order valence-electron chi connectivity index (χ4n) is 3.71. The largest absolute Gasteiger partial charge is 0.467 e. The number of carbonyl (C=O) groups excluding carboxylic acids is 2. The summed E-state index contributed by atoms with van der Waals surface area (Å²) in [7, 11) is 0. The van der Waals surface area contributed by atoms with Crippen molar-refractivity contribution in [3.63, 3.8) is 0 Å². The van der Waals surface area contributed by atoms with Crippen LogP contribution in [0.2, 0.25) is 0 Å². The van der Waals surface area contributed by atoms with Crippen molar-refractivity contribution in [2.24, 2.45) is 5.92 Å². The van der Waals surface area contributed by atoms with Gasteiger partial charge in [-0.1, -0.05) is 13.8 Å². The van der Waals surface area contributed by atoms with Crippen LogP contribution in [0.15, 0.2) is 47.1 Å². The monoisotopic (exact) mass is 443 g/mol. The Morgan fingerprint density at radius 1 is 1.19 bits per heavy atom. The second-order valence-electron chi connectivity index (χ2n) is 8.37. The van der Waals surface area contributed by atoms with E-state index < -0.39 is 4.92 Å². The molecule has 1 saturated heterocycles. The van der Waals surface area contributed by atoms with E-state index in [4.69, 9.17) is 9.15 Å². The fraction of sp³-hybridized carbons (Fsp3) is 0.478. The van der Waals surface area contributed by atoms with Gasteiger partial charge in [-0.05, 0) is 43.0 Å². The van der Waals surface area contributed by atoms with Crippen molar-refractivity contribution in [2.75, 3.05) is 26.2 Å². The summed E-state index contributed by atoms with van der Waals surface area (Å²) in [4.78, 5) is 40.0. The van der Waals surface area contributed by atoms with Gasteiger partial charge in [0.25, 0.3) is 11.6 Å². The second kappa shape index (κ2) is 10.9. The maximum Gasteiger partial charge on any atom is 0.269 e. The zero-order valence-corrected chi connectivity index (χ0v) is 18.4. The SMILES string of the molecule is CC(C)CN(CC(=O)N(Cc1ccco1)C[C@@H]1CCCO1)C(=O)c1ccc([N+](=O)[O-])cc1. The highest BCUT2D eigenvalue weighted by atomic mass is 16.6. The summed E-state index contributed by atoms with van der Waals surface area (Å²) < 4.78 is 11.1. The number of amides is 2. The summed E-state index contributed by atoms with van der Waals surface area (Å²) >= 11 is 0. The number of hydrogen-bond donors (Lipinski definition) is 0. The number of furan rings is 1. The molecule has 0 bridgehead atoms. The van der Waals surface area contributed by atoms with Crippen LogP contribution in [0.25, 0.3) is 0 Å². The van der Waals surface area contributed by atoms with Gasteiger partial charge in [-0.25, -0.2) is 0 Å². The zero-order valence-electron chi connectivity index (χ0n) is 18.4. The summed E-state index contributed by atoms with van der Waals surface area (Å²) in [5, 5.41) is 10.9. The molecule has 0 spiro atoms. The van der Waals surface area contributed by atoms with Crippen LogP contribution in [-0.2, 0) is 16.1 Å². The van der Waals surface area contributed by atoms with Crippen LogP contribution in [0.3, 0.4) is 0 Å². The molecule has 9 heteroatoms. The molecule has 0 N–H and O–H groups in total. The minimum absolute atomic E-state index is 0.0298. The molecule has 2 aromatic rings. The number of carbonyl (C=O) groups is 2. The maximum atomic E-state index is 13.3. The van der Waals surface area contributed by atoms with Gasteiger partial charge in [0.1, 0.15) is 12.3 Å². The lowest BCUT2D eigenvalue weighted by atomic mass is 10.1. The summed E-state index contributed by atoms with van der Waals surface area (Å²) in [6.45, 7) is 5.64. The van der Waals surface area contributed by atoms with Crippen molar-refractivity contribution in [1.29, 1.82) is 0 Å². The van der Waals surface area contributed by atoms with Crippen LogP contribution < -0.4 is 0 Å². The number of nitro benzene ring substituents is 1. The molecule has 1 aliphatic heterocycles. The lowest BCUT2D eigenvalue weighted by molar-refractivity contribution is -0.384. The lowest BCUT2D eigenvalue weighted by Crippen LogP contribution is -2.46. The standard InChI is InChI=1S/C23H29N3O6/c1-17(2)13-25(23(28)18-7-9-19(10-8-18)26(29)30)16-22(27)24(14-20-5-3-11-31-20)15-21-6-4-12-32-21/h3,5,7-11,17,21H,4,6,12-16H2,1-2H3/t21-/m0/s1. The van der Waals surface area contributed by atoms with E-state index in [0.29, 0.717) is 37.6 Å². The molecule has 0 unspecified atom stereocenters. The highest BCUT2D eigenvalue weighted by Gasteiger charge is 2.27. The molecule has 1 fully saturated rings. The minimum atomic E-state index is -0.513. The summed E-state index contributed by atoms with van der Waals surface area (Å²) in [5.74, 6) is 0.264. The number of nitrogens with zero attached hydrogens (tertiary/aromatic N) is 3. The van der Waals surface area contributed by atoms with Crippen molar-refractivity contribution in [1.82, 2.24) is 9.80 Å². The topological polar surface area (TPSA) is 106 Å². The first-order chi connectivity index (χ1) is 15.3. The Labute approximate surface area is 187 Å². The average Bonchev–Trinajstić information content (AvgIpc) is 3.46. The maximum absolute atomic E-state index is 13.3. The number of non-ortho nitro benzene ring substituents is 1. The molecule has 0 radical (unpaired) electrons. The Balaban J connectivity index is 1.75.